The highest BCUT2D eigenvalue weighted by Crippen LogP contribution is 2.21. The molecule has 0 aliphatic rings. The molecule has 0 unspecified atom stereocenters. The van der Waals surface area contributed by atoms with E-state index in [2.05, 4.69) is 4.98 Å². The van der Waals surface area contributed by atoms with E-state index in [0.29, 0.717) is 5.56 Å². The number of ether oxygens (including phenoxy) is 1. The molecule has 3 aromatic rings. The molecule has 0 saturated heterocycles. The van der Waals surface area contributed by atoms with E-state index in [1.165, 1.54) is 18.2 Å². The number of esters is 1. The van der Waals surface area contributed by atoms with E-state index in [-0.39, 0.29) is 22.9 Å². The monoisotopic (exact) mass is 397 g/mol. The maximum Gasteiger partial charge on any atom is 0.361 e. The molecule has 0 fully saturated rings. The lowest BCUT2D eigenvalue weighted by Crippen LogP contribution is -2.43. The Morgan fingerprint density at radius 3 is 2.45 bits per heavy atom. The molecule has 0 spiro atoms. The predicted octanol–water partition coefficient (Wildman–Crippen LogP) is 2.41. The van der Waals surface area contributed by atoms with Gasteiger partial charge in [0.05, 0.1) is 5.56 Å². The van der Waals surface area contributed by atoms with Crippen molar-refractivity contribution < 1.29 is 27.9 Å². The second-order valence-electron chi connectivity index (χ2n) is 5.85. The zero-order valence-electron chi connectivity index (χ0n) is 15.3. The van der Waals surface area contributed by atoms with Crippen molar-refractivity contribution in [3.8, 4) is 11.5 Å². The molecule has 2 amide bonds. The minimum atomic E-state index is -0.857. The quantitative estimate of drug-likeness (QED) is 0.505. The standard InChI is InChI=1S/C20H16FN3O5/c1-12-17(22-19(29-12)13-7-3-2-4-8-13)20(27)28-11-16(25)23-24-18(26)14-9-5-6-10-15(14)21/h2-10H,11H2,1H3,(H,23,25)(H,24,26). The SMILES string of the molecule is Cc1oc(-c2ccccc2)nc1C(=O)OCC(=O)NNC(=O)c1ccccc1F. The first-order valence-corrected chi connectivity index (χ1v) is 8.49. The van der Waals surface area contributed by atoms with E-state index in [1.807, 2.05) is 16.9 Å². The van der Waals surface area contributed by atoms with Crippen LogP contribution < -0.4 is 10.9 Å². The Bertz CT molecular complexity index is 1050. The van der Waals surface area contributed by atoms with E-state index < -0.39 is 30.2 Å². The number of hydrogen-bond donors (Lipinski definition) is 2. The number of nitrogens with zero attached hydrogens (tertiary/aromatic N) is 1. The van der Waals surface area contributed by atoms with Crippen LogP contribution in [-0.2, 0) is 9.53 Å². The fourth-order valence-electron chi connectivity index (χ4n) is 2.36. The van der Waals surface area contributed by atoms with Crippen LogP contribution in [-0.4, -0.2) is 29.4 Å². The van der Waals surface area contributed by atoms with Crippen LogP contribution in [0.5, 0.6) is 0 Å². The first kappa shape index (κ1) is 19.7. The number of carbonyl (C=O) groups excluding carboxylic acids is 3. The average molecular weight is 397 g/mol. The minimum absolute atomic E-state index is 0.0629. The molecule has 0 bridgehead atoms. The first-order chi connectivity index (χ1) is 14.0. The highest BCUT2D eigenvalue weighted by molar-refractivity contribution is 5.96. The summed E-state index contributed by atoms with van der Waals surface area (Å²) in [7, 11) is 0. The number of aromatic nitrogens is 1. The number of amides is 2. The largest absolute Gasteiger partial charge is 0.451 e. The number of nitrogens with one attached hydrogen (secondary N) is 2. The highest BCUT2D eigenvalue weighted by atomic mass is 19.1. The van der Waals surface area contributed by atoms with Crippen LogP contribution in [0.1, 0.15) is 26.6 Å². The maximum absolute atomic E-state index is 13.5. The Kier molecular flexibility index (Phi) is 5.98. The van der Waals surface area contributed by atoms with Crippen molar-refractivity contribution >= 4 is 17.8 Å². The lowest BCUT2D eigenvalue weighted by Gasteiger charge is -2.08. The number of hydrazine groups is 1. The molecule has 2 aromatic carbocycles. The summed E-state index contributed by atoms with van der Waals surface area (Å²) in [6.07, 6.45) is 0. The molecule has 29 heavy (non-hydrogen) atoms. The smallest absolute Gasteiger partial charge is 0.361 e. The zero-order valence-corrected chi connectivity index (χ0v) is 15.3. The van der Waals surface area contributed by atoms with Crippen LogP contribution in [0.4, 0.5) is 4.39 Å². The average Bonchev–Trinajstić information content (AvgIpc) is 3.13. The van der Waals surface area contributed by atoms with Crippen molar-refractivity contribution in [1.82, 2.24) is 15.8 Å². The van der Waals surface area contributed by atoms with E-state index in [1.54, 1.807) is 31.2 Å². The van der Waals surface area contributed by atoms with Crippen molar-refractivity contribution in [2.24, 2.45) is 0 Å². The summed E-state index contributed by atoms with van der Waals surface area (Å²) in [6, 6.07) is 14.2. The van der Waals surface area contributed by atoms with Crippen molar-refractivity contribution in [2.75, 3.05) is 6.61 Å². The summed E-state index contributed by atoms with van der Waals surface area (Å²) < 4.78 is 23.9. The minimum Gasteiger partial charge on any atom is -0.451 e. The summed E-state index contributed by atoms with van der Waals surface area (Å²) in [6.45, 7) is 0.869. The van der Waals surface area contributed by atoms with Gasteiger partial charge in [0.15, 0.2) is 12.3 Å². The van der Waals surface area contributed by atoms with Gasteiger partial charge in [-0.05, 0) is 31.2 Å². The van der Waals surface area contributed by atoms with Gasteiger partial charge in [-0.3, -0.25) is 20.4 Å². The van der Waals surface area contributed by atoms with Gasteiger partial charge in [0.1, 0.15) is 11.6 Å². The Hall–Kier alpha value is -4.01. The van der Waals surface area contributed by atoms with Crippen LogP contribution in [0, 0.1) is 12.7 Å². The third kappa shape index (κ3) is 4.83. The topological polar surface area (TPSA) is 111 Å². The second kappa shape index (κ2) is 8.79. The van der Waals surface area contributed by atoms with E-state index in [4.69, 9.17) is 9.15 Å². The van der Waals surface area contributed by atoms with Crippen LogP contribution >= 0.6 is 0 Å². The Balaban J connectivity index is 1.53. The van der Waals surface area contributed by atoms with Gasteiger partial charge in [0.25, 0.3) is 11.8 Å². The van der Waals surface area contributed by atoms with Gasteiger partial charge in [0, 0.05) is 5.56 Å². The summed E-state index contributed by atoms with van der Waals surface area (Å²) >= 11 is 0. The van der Waals surface area contributed by atoms with Crippen LogP contribution in [0.25, 0.3) is 11.5 Å². The number of aryl methyl sites for hydroxylation is 1. The van der Waals surface area contributed by atoms with E-state index in [9.17, 15) is 18.8 Å². The van der Waals surface area contributed by atoms with Gasteiger partial charge < -0.3 is 9.15 Å². The van der Waals surface area contributed by atoms with Gasteiger partial charge >= 0.3 is 5.97 Å². The molecule has 3 rings (SSSR count). The van der Waals surface area contributed by atoms with Gasteiger partial charge in [-0.1, -0.05) is 30.3 Å². The summed E-state index contributed by atoms with van der Waals surface area (Å²) in [5, 5.41) is 0. The third-order valence-corrected chi connectivity index (χ3v) is 3.78. The molecule has 1 heterocycles. The molecular weight excluding hydrogens is 381 g/mol. The van der Waals surface area contributed by atoms with E-state index >= 15 is 0 Å². The molecule has 0 saturated carbocycles. The number of carbonyl (C=O) groups is 3. The number of benzene rings is 2. The zero-order chi connectivity index (χ0) is 20.8. The number of oxazole rings is 1. The van der Waals surface area contributed by atoms with E-state index in [0.717, 1.165) is 6.07 Å². The van der Waals surface area contributed by atoms with Crippen molar-refractivity contribution in [3.05, 3.63) is 77.4 Å². The van der Waals surface area contributed by atoms with Crippen LogP contribution in [0.3, 0.4) is 0 Å². The molecule has 0 aliphatic carbocycles. The molecule has 0 radical (unpaired) electrons. The maximum atomic E-state index is 13.5. The van der Waals surface area contributed by atoms with Gasteiger partial charge in [-0.25, -0.2) is 14.2 Å². The number of rotatable bonds is 5. The van der Waals surface area contributed by atoms with Crippen molar-refractivity contribution in [3.63, 3.8) is 0 Å². The van der Waals surface area contributed by atoms with Crippen LogP contribution in [0.15, 0.2) is 59.0 Å². The summed E-state index contributed by atoms with van der Waals surface area (Å²) in [5.41, 5.74) is 4.45. The Labute approximate surface area is 164 Å². The van der Waals surface area contributed by atoms with Crippen LogP contribution in [0.2, 0.25) is 0 Å². The van der Waals surface area contributed by atoms with Gasteiger partial charge in [-0.15, -0.1) is 0 Å². The normalized spacial score (nSPS) is 10.3. The molecule has 9 heteroatoms. The highest BCUT2D eigenvalue weighted by Gasteiger charge is 2.20. The first-order valence-electron chi connectivity index (χ1n) is 8.49. The molecule has 0 atom stereocenters. The fourth-order valence-corrected chi connectivity index (χ4v) is 2.36. The van der Waals surface area contributed by atoms with Gasteiger partial charge in [-0.2, -0.15) is 0 Å². The Morgan fingerprint density at radius 1 is 1.03 bits per heavy atom. The second-order valence-corrected chi connectivity index (χ2v) is 5.85. The number of hydrogen-bond acceptors (Lipinski definition) is 6. The van der Waals surface area contributed by atoms with Crippen molar-refractivity contribution in [1.29, 1.82) is 0 Å². The molecule has 148 valence electrons. The predicted molar refractivity (Wildman–Crippen MR) is 99.0 cm³/mol. The molecule has 1 aromatic heterocycles. The third-order valence-electron chi connectivity index (χ3n) is 3.78. The number of halogens is 1. The molecular formula is C20H16FN3O5. The van der Waals surface area contributed by atoms with Gasteiger partial charge in [0.2, 0.25) is 5.89 Å². The molecule has 0 aliphatic heterocycles. The summed E-state index contributed by atoms with van der Waals surface area (Å²) in [5.74, 6) is -2.76. The lowest BCUT2D eigenvalue weighted by atomic mass is 10.2. The molecule has 8 nitrogen and oxygen atoms in total. The lowest BCUT2D eigenvalue weighted by molar-refractivity contribution is -0.125. The summed E-state index contributed by atoms with van der Waals surface area (Å²) in [4.78, 5) is 39.8. The van der Waals surface area contributed by atoms with Crippen molar-refractivity contribution in [2.45, 2.75) is 6.92 Å². The Morgan fingerprint density at radius 2 is 1.72 bits per heavy atom. The fraction of sp³-hybridized carbons (Fsp3) is 0.100. The molecule has 2 N–H and O–H groups in total.